The Balaban J connectivity index is 1.13. The van der Waals surface area contributed by atoms with Crippen LogP contribution in [0, 0.1) is 64.1 Å². The van der Waals surface area contributed by atoms with Crippen molar-refractivity contribution in [2.24, 2.45) is 69.8 Å². The van der Waals surface area contributed by atoms with E-state index >= 15 is 0 Å². The van der Waals surface area contributed by atoms with E-state index < -0.39 is 58.3 Å². The van der Waals surface area contributed by atoms with Crippen LogP contribution in [0.15, 0.2) is 47.7 Å². The molecule has 0 aromatic heterocycles. The van der Waals surface area contributed by atoms with Crippen LogP contribution in [0.3, 0.4) is 0 Å². The van der Waals surface area contributed by atoms with Crippen molar-refractivity contribution in [3.8, 4) is 0 Å². The number of carbonyl (C=O) groups is 1. The van der Waals surface area contributed by atoms with Crippen LogP contribution in [-0.2, 0) is 9.53 Å². The summed E-state index contributed by atoms with van der Waals surface area (Å²) in [5.41, 5.74) is 3.63. The number of nitrogens with two attached hydrogens (primary N) is 1. The second kappa shape index (κ2) is 15.0. The van der Waals surface area contributed by atoms with Crippen LogP contribution in [0.2, 0.25) is 0 Å². The third-order valence-corrected chi connectivity index (χ3v) is 18.4. The number of fused-ring (bicyclic) bond motifs is 3. The van der Waals surface area contributed by atoms with E-state index in [1.54, 1.807) is 6.08 Å². The molecule has 316 valence electrons. The fraction of sp³-hybridized carbons (Fsp3) is 0.812. The monoisotopic (exact) mass is 789 g/mol. The summed E-state index contributed by atoms with van der Waals surface area (Å²) in [6.45, 7) is 6.32. The minimum Gasteiger partial charge on any atom is -0.390 e. The molecular weight excluding hydrogens is 717 g/mol. The summed E-state index contributed by atoms with van der Waals surface area (Å²) in [4.78, 5) is 14.7. The molecule has 9 rings (SSSR count). The van der Waals surface area contributed by atoms with E-state index in [0.717, 1.165) is 68.4 Å². The van der Waals surface area contributed by atoms with Crippen molar-refractivity contribution >= 4 is 5.78 Å². The minimum atomic E-state index is -1.55. The Kier molecular flexibility index (Phi) is 10.6. The Morgan fingerprint density at radius 2 is 1.77 bits per heavy atom. The Morgan fingerprint density at radius 1 is 1.00 bits per heavy atom. The first kappa shape index (κ1) is 40.6. The molecule has 57 heavy (non-hydrogen) atoms. The Hall–Kier alpha value is -1.85. The average Bonchev–Trinajstić information content (AvgIpc) is 3.52. The van der Waals surface area contributed by atoms with Crippen molar-refractivity contribution < 1.29 is 35.1 Å². The summed E-state index contributed by atoms with van der Waals surface area (Å²) in [6, 6.07) is 0. The molecule has 1 unspecified atom stereocenters. The number of hydrogen-bond acceptors (Lipinski definition) is 9. The second-order valence-electron chi connectivity index (χ2n) is 21.1. The first-order valence-corrected chi connectivity index (χ1v) is 23.2. The zero-order chi connectivity index (χ0) is 40.1. The van der Waals surface area contributed by atoms with E-state index in [4.69, 9.17) is 10.5 Å². The highest BCUT2D eigenvalue weighted by Gasteiger charge is 2.75. The van der Waals surface area contributed by atoms with Crippen LogP contribution < -0.4 is 11.1 Å². The zero-order valence-corrected chi connectivity index (χ0v) is 34.8. The van der Waals surface area contributed by atoms with Crippen molar-refractivity contribution in [2.45, 2.75) is 178 Å². The number of aliphatic hydroxyl groups excluding tert-OH is 3. The van der Waals surface area contributed by atoms with E-state index in [1.807, 2.05) is 19.2 Å². The molecule has 18 atom stereocenters. The molecule has 9 nitrogen and oxygen atoms in total. The smallest absolute Gasteiger partial charge is 0.159 e. The highest BCUT2D eigenvalue weighted by molar-refractivity contribution is 5.95. The highest BCUT2D eigenvalue weighted by Crippen LogP contribution is 2.75. The highest BCUT2D eigenvalue weighted by atomic mass is 16.5. The van der Waals surface area contributed by atoms with Crippen molar-refractivity contribution in [3.05, 3.63) is 47.7 Å². The summed E-state index contributed by atoms with van der Waals surface area (Å²) >= 11 is 0. The largest absolute Gasteiger partial charge is 0.390 e. The van der Waals surface area contributed by atoms with Gasteiger partial charge in [0, 0.05) is 23.5 Å². The van der Waals surface area contributed by atoms with Crippen molar-refractivity contribution in [3.63, 3.8) is 0 Å². The number of hydrogen-bond donors (Lipinski definition) is 7. The molecule has 9 heteroatoms. The summed E-state index contributed by atoms with van der Waals surface area (Å²) < 4.78 is 6.86. The Morgan fingerprint density at radius 3 is 2.51 bits per heavy atom. The summed E-state index contributed by atoms with van der Waals surface area (Å²) in [5, 5.41) is 65.5. The lowest BCUT2D eigenvalue weighted by Gasteiger charge is -2.66. The maximum absolute atomic E-state index is 14.7. The molecule has 2 heterocycles. The van der Waals surface area contributed by atoms with Crippen LogP contribution in [-0.4, -0.2) is 79.2 Å². The van der Waals surface area contributed by atoms with E-state index in [-0.39, 0.29) is 60.5 Å². The van der Waals surface area contributed by atoms with Gasteiger partial charge >= 0.3 is 0 Å². The van der Waals surface area contributed by atoms with Gasteiger partial charge in [-0.25, -0.2) is 0 Å². The third-order valence-electron chi connectivity index (χ3n) is 18.4. The van der Waals surface area contributed by atoms with E-state index in [9.17, 15) is 30.3 Å². The molecule has 0 aromatic rings. The molecule has 7 aliphatic carbocycles. The first-order chi connectivity index (χ1) is 27.2. The molecule has 8 N–H and O–H groups in total. The first-order valence-electron chi connectivity index (χ1n) is 23.2. The summed E-state index contributed by atoms with van der Waals surface area (Å²) in [7, 11) is 0. The minimum absolute atomic E-state index is 0.0593. The van der Waals surface area contributed by atoms with Gasteiger partial charge in [0.15, 0.2) is 5.78 Å². The number of aliphatic hydroxyl groups is 5. The molecule has 1 saturated heterocycles. The lowest BCUT2D eigenvalue weighted by molar-refractivity contribution is -0.224. The summed E-state index contributed by atoms with van der Waals surface area (Å²) in [5.74, 6) is 0.0288. The van der Waals surface area contributed by atoms with Gasteiger partial charge in [-0.1, -0.05) is 70.6 Å². The van der Waals surface area contributed by atoms with Gasteiger partial charge in [0.2, 0.25) is 0 Å². The molecular formula is C48H72N2O7. The quantitative estimate of drug-likeness (QED) is 0.154. The third kappa shape index (κ3) is 6.20. The molecule has 0 aromatic carbocycles. The number of rotatable bonds is 7. The fourth-order valence-corrected chi connectivity index (χ4v) is 15.9. The maximum Gasteiger partial charge on any atom is 0.159 e. The normalized spacial score (nSPS) is 49.8. The van der Waals surface area contributed by atoms with E-state index in [0.29, 0.717) is 31.6 Å². The molecule has 2 aliphatic heterocycles. The maximum atomic E-state index is 14.7. The van der Waals surface area contributed by atoms with Crippen LogP contribution in [0.25, 0.3) is 0 Å². The molecule has 0 amide bonds. The van der Waals surface area contributed by atoms with E-state index in [2.05, 4.69) is 37.4 Å². The predicted molar refractivity (Wildman–Crippen MR) is 219 cm³/mol. The fourth-order valence-electron chi connectivity index (χ4n) is 15.9. The standard InChI is InChI=1S/C48H72N2O7/c1-4-8-28-11-16-33-27(2)43(57-39(33)17-12-28)44(54)45(3,55)40-19-20-48(56)35-22-36(51)34-21-37(52)38(53)25-46(34)23-29(31-15-18-41(49)50-26-31)13-14-30(42(35)46)24-47(40,48)32-9-6-5-7-10-32/h13-15,18,22,26-30,32-34,37-44,50,52-56H,4-12,16-17,19-21,23-25,49H2,1-3H3/t27-,28+,29-,30+,33-,34-,37+,38-,39+,40+,41?,42-,43+,44+,45+,46-,47-,48+/m0/s1. The number of dihydropyridines is 1. The molecule has 1 spiro atoms. The van der Waals surface area contributed by atoms with Crippen molar-refractivity contribution in [1.82, 2.24) is 5.32 Å². The number of ether oxygens (including phenoxy) is 1. The molecule has 0 bridgehead atoms. The predicted octanol–water partition coefficient (Wildman–Crippen LogP) is 5.98. The van der Waals surface area contributed by atoms with Gasteiger partial charge in [-0.2, -0.15) is 0 Å². The SMILES string of the molecule is CCC[C@@H]1CC[C@H]2[C@H](C)[C@H]([C@@H](O)[C@](C)(O)[C@H]3CC[C@@]4(O)C5=CC(=O)[C@@H]6C[C@@H](O)[C@@H](O)C[C@@]67C[C@@H](C6=CNC(N)C=C6)C=C[C@H](C[C@]34C3CCCCC3)[C@@H]57)O[C@@H]2CC1. The Bertz CT molecular complexity index is 1670. The van der Waals surface area contributed by atoms with Gasteiger partial charge in [-0.15, -0.1) is 0 Å². The molecule has 6 fully saturated rings. The molecule has 5 saturated carbocycles. The zero-order valence-electron chi connectivity index (χ0n) is 34.8. The van der Waals surface area contributed by atoms with Gasteiger partial charge in [-0.05, 0) is 148 Å². The van der Waals surface area contributed by atoms with Crippen molar-refractivity contribution in [1.29, 1.82) is 0 Å². The van der Waals surface area contributed by atoms with E-state index in [1.165, 1.54) is 19.3 Å². The van der Waals surface area contributed by atoms with Crippen LogP contribution >= 0.6 is 0 Å². The van der Waals surface area contributed by atoms with Crippen LogP contribution in [0.4, 0.5) is 0 Å². The van der Waals surface area contributed by atoms with Gasteiger partial charge in [0.25, 0.3) is 0 Å². The van der Waals surface area contributed by atoms with Crippen LogP contribution in [0.5, 0.6) is 0 Å². The van der Waals surface area contributed by atoms with Gasteiger partial charge < -0.3 is 41.3 Å². The van der Waals surface area contributed by atoms with Crippen LogP contribution in [0.1, 0.15) is 130 Å². The lowest BCUT2D eigenvalue weighted by Crippen LogP contribution is -2.68. The second-order valence-corrected chi connectivity index (χ2v) is 21.1. The number of carbonyl (C=O) groups excluding carboxylic acids is 1. The van der Waals surface area contributed by atoms with Gasteiger partial charge in [0.05, 0.1) is 41.8 Å². The number of nitrogens with one attached hydrogen (secondary N) is 1. The van der Waals surface area contributed by atoms with Gasteiger partial charge in [0.1, 0.15) is 6.10 Å². The lowest BCUT2D eigenvalue weighted by atomic mass is 9.39. The number of allylic oxidation sites excluding steroid dienone is 5. The summed E-state index contributed by atoms with van der Waals surface area (Å²) in [6.07, 6.45) is 23.4. The Labute approximate surface area is 340 Å². The van der Waals surface area contributed by atoms with Crippen molar-refractivity contribution in [2.75, 3.05) is 0 Å². The number of ketones is 1. The topological polar surface area (TPSA) is 166 Å². The average molecular weight is 789 g/mol. The van der Waals surface area contributed by atoms with Gasteiger partial charge in [-0.3, -0.25) is 4.79 Å². The molecule has 0 radical (unpaired) electrons. The molecule has 9 aliphatic rings.